The van der Waals surface area contributed by atoms with Gasteiger partial charge < -0.3 is 28.4 Å². The standard InChI is InChI=1S/C31H29N2O7S/c1-36-26-10-11-31(22-9-7-6-8-21(22)26)41(34,35)33-24-18-30(40-5)28(38-3)16-20(24)14-25-23-17-29(39-4)27(37-2)15-19(23)12-13-32-25/h6-13,15-18H,14H2,1-5H3/q-1/p+1. The van der Waals surface area contributed by atoms with Crippen molar-refractivity contribution in [1.29, 1.82) is 0 Å². The summed E-state index contributed by atoms with van der Waals surface area (Å²) in [6.45, 7) is 0. The third-order valence-corrected chi connectivity index (χ3v) is 8.26. The number of methoxy groups -OCH3 is 5. The molecule has 0 saturated heterocycles. The Morgan fingerprint density at radius 1 is 0.659 bits per heavy atom. The van der Waals surface area contributed by atoms with Crippen LogP contribution in [-0.2, 0) is 16.4 Å². The van der Waals surface area contributed by atoms with Crippen molar-refractivity contribution in [3.8, 4) is 28.7 Å². The molecule has 5 rings (SSSR count). The zero-order chi connectivity index (χ0) is 29.1. The first-order valence-electron chi connectivity index (χ1n) is 12.7. The van der Waals surface area contributed by atoms with Gasteiger partial charge in [-0.05, 0) is 47.3 Å². The van der Waals surface area contributed by atoms with E-state index < -0.39 is 10.0 Å². The smallest absolute Gasteiger partial charge is 0.192 e. The van der Waals surface area contributed by atoms with E-state index in [4.69, 9.17) is 23.7 Å². The topological polar surface area (TPSA) is 109 Å². The van der Waals surface area contributed by atoms with Gasteiger partial charge in [-0.3, -0.25) is 0 Å². The SMILES string of the molecule is COc1cc(Cc2[nH+]ccc3cc(OC)c(OC)cc23)c([N-]S(=O)(=O)c2ccc(OC)c3ccccc23)cc1OC. The molecule has 4 aromatic carbocycles. The highest BCUT2D eigenvalue weighted by Crippen LogP contribution is 2.42. The predicted octanol–water partition coefficient (Wildman–Crippen LogP) is 5.84. The number of ether oxygens (including phenoxy) is 5. The maximum Gasteiger partial charge on any atom is 0.192 e. The number of aromatic nitrogens is 1. The van der Waals surface area contributed by atoms with E-state index in [1.54, 1.807) is 51.7 Å². The van der Waals surface area contributed by atoms with Gasteiger partial charge in [0.1, 0.15) is 15.8 Å². The molecule has 0 saturated carbocycles. The molecule has 0 aliphatic heterocycles. The number of aromatic amines is 1. The molecule has 0 aliphatic carbocycles. The summed E-state index contributed by atoms with van der Waals surface area (Å²) in [6.07, 6.45) is 2.13. The second-order valence-corrected chi connectivity index (χ2v) is 10.7. The summed E-state index contributed by atoms with van der Waals surface area (Å²) in [5.41, 5.74) is 1.66. The Balaban J connectivity index is 1.63. The second kappa shape index (κ2) is 11.4. The van der Waals surface area contributed by atoms with Crippen molar-refractivity contribution in [2.45, 2.75) is 11.3 Å². The molecule has 0 bridgehead atoms. The van der Waals surface area contributed by atoms with Crippen LogP contribution in [0.1, 0.15) is 11.3 Å². The molecule has 212 valence electrons. The number of nitrogens with zero attached hydrogens (tertiary/aromatic N) is 1. The van der Waals surface area contributed by atoms with Crippen molar-refractivity contribution in [3.63, 3.8) is 0 Å². The maximum atomic E-state index is 13.8. The van der Waals surface area contributed by atoms with Crippen molar-refractivity contribution < 1.29 is 37.1 Å². The third-order valence-electron chi connectivity index (χ3n) is 6.91. The van der Waals surface area contributed by atoms with E-state index >= 15 is 0 Å². The van der Waals surface area contributed by atoms with Crippen molar-refractivity contribution in [2.75, 3.05) is 35.5 Å². The molecule has 0 aliphatic rings. The van der Waals surface area contributed by atoms with Gasteiger partial charge in [-0.1, -0.05) is 24.3 Å². The minimum atomic E-state index is -4.16. The molecule has 0 radical (unpaired) electrons. The van der Waals surface area contributed by atoms with Crippen LogP contribution in [0, 0.1) is 0 Å². The highest BCUT2D eigenvalue weighted by Gasteiger charge is 2.19. The fraction of sp³-hybridized carbons (Fsp3) is 0.194. The summed E-state index contributed by atoms with van der Waals surface area (Å²) in [4.78, 5) is 3.37. The van der Waals surface area contributed by atoms with E-state index in [9.17, 15) is 8.42 Å². The highest BCUT2D eigenvalue weighted by molar-refractivity contribution is 7.94. The van der Waals surface area contributed by atoms with Crippen LogP contribution in [0.5, 0.6) is 28.7 Å². The molecule has 41 heavy (non-hydrogen) atoms. The molecule has 10 heteroatoms. The Hall–Kier alpha value is -4.70. The van der Waals surface area contributed by atoms with Gasteiger partial charge >= 0.3 is 0 Å². The lowest BCUT2D eigenvalue weighted by Gasteiger charge is -2.27. The van der Waals surface area contributed by atoms with Crippen LogP contribution >= 0.6 is 0 Å². The van der Waals surface area contributed by atoms with E-state index in [-0.39, 0.29) is 10.6 Å². The number of rotatable bonds is 10. The molecule has 0 amide bonds. The first-order chi connectivity index (χ1) is 19.8. The zero-order valence-corrected chi connectivity index (χ0v) is 24.2. The van der Waals surface area contributed by atoms with Gasteiger partial charge in [-0.2, -0.15) is 0 Å². The molecule has 1 aromatic heterocycles. The van der Waals surface area contributed by atoms with Crippen LogP contribution in [-0.4, -0.2) is 44.0 Å². The van der Waals surface area contributed by atoms with Crippen molar-refractivity contribution in [2.24, 2.45) is 0 Å². The highest BCUT2D eigenvalue weighted by atomic mass is 32.2. The van der Waals surface area contributed by atoms with Crippen molar-refractivity contribution >= 4 is 37.3 Å². The Kier molecular flexibility index (Phi) is 7.76. The van der Waals surface area contributed by atoms with E-state index in [1.165, 1.54) is 20.3 Å². The summed E-state index contributed by atoms with van der Waals surface area (Å²) >= 11 is 0. The Morgan fingerprint density at radius 2 is 1.27 bits per heavy atom. The lowest BCUT2D eigenvalue weighted by Crippen LogP contribution is -2.12. The van der Waals surface area contributed by atoms with Gasteiger partial charge in [0.15, 0.2) is 34.9 Å². The fourth-order valence-corrected chi connectivity index (χ4v) is 6.13. The fourth-order valence-electron chi connectivity index (χ4n) is 4.90. The molecule has 0 atom stereocenters. The molecule has 0 fully saturated rings. The number of sulfonamides is 1. The minimum absolute atomic E-state index is 0.0724. The summed E-state index contributed by atoms with van der Waals surface area (Å²) in [5.74, 6) is 2.57. The van der Waals surface area contributed by atoms with E-state index in [0.717, 1.165) is 16.5 Å². The molecule has 5 aromatic rings. The van der Waals surface area contributed by atoms with Crippen LogP contribution in [0.3, 0.4) is 0 Å². The third kappa shape index (κ3) is 5.26. The minimum Gasteiger partial charge on any atom is -0.572 e. The first-order valence-corrected chi connectivity index (χ1v) is 14.1. The van der Waals surface area contributed by atoms with Crippen LogP contribution in [0.2, 0.25) is 0 Å². The molecule has 1 heterocycles. The van der Waals surface area contributed by atoms with Gasteiger partial charge in [0, 0.05) is 16.8 Å². The largest absolute Gasteiger partial charge is 0.572 e. The summed E-state index contributed by atoms with van der Waals surface area (Å²) in [5, 5.41) is 3.00. The average Bonchev–Trinajstić information content (AvgIpc) is 3.00. The number of H-pyrrole nitrogens is 1. The number of hydrogen-bond acceptors (Lipinski definition) is 7. The molecule has 0 spiro atoms. The molecular weight excluding hydrogens is 544 g/mol. The lowest BCUT2D eigenvalue weighted by atomic mass is 10.0. The predicted molar refractivity (Wildman–Crippen MR) is 157 cm³/mol. The molecule has 0 unspecified atom stereocenters. The van der Waals surface area contributed by atoms with Crippen LogP contribution in [0.25, 0.3) is 26.3 Å². The monoisotopic (exact) mass is 574 g/mol. The van der Waals surface area contributed by atoms with Gasteiger partial charge in [0.25, 0.3) is 0 Å². The molecular formula is C31H30N2O7S. The zero-order valence-electron chi connectivity index (χ0n) is 23.3. The molecule has 1 N–H and O–H groups in total. The normalized spacial score (nSPS) is 11.3. The number of fused-ring (bicyclic) bond motifs is 2. The average molecular weight is 575 g/mol. The Morgan fingerprint density at radius 3 is 1.95 bits per heavy atom. The number of pyridine rings is 1. The van der Waals surface area contributed by atoms with Gasteiger partial charge in [-0.25, -0.2) is 13.4 Å². The maximum absolute atomic E-state index is 13.8. The van der Waals surface area contributed by atoms with E-state index in [0.29, 0.717) is 51.5 Å². The quantitative estimate of drug-likeness (QED) is 0.206. The Bertz CT molecular complexity index is 1860. The van der Waals surface area contributed by atoms with E-state index in [1.807, 2.05) is 36.5 Å². The molecule has 9 nitrogen and oxygen atoms in total. The lowest BCUT2D eigenvalue weighted by molar-refractivity contribution is -0.387. The number of hydrogen-bond donors (Lipinski definition) is 0. The van der Waals surface area contributed by atoms with Crippen LogP contribution < -0.4 is 28.7 Å². The summed E-state index contributed by atoms with van der Waals surface area (Å²) < 4.78 is 59.4. The first kappa shape index (κ1) is 27.9. The van der Waals surface area contributed by atoms with E-state index in [2.05, 4.69) is 9.71 Å². The second-order valence-electron chi connectivity index (χ2n) is 9.14. The summed E-state index contributed by atoms with van der Waals surface area (Å²) in [7, 11) is 3.57. The number of benzene rings is 4. The Labute approximate surface area is 238 Å². The van der Waals surface area contributed by atoms with Crippen molar-refractivity contribution in [3.05, 3.63) is 88.9 Å². The van der Waals surface area contributed by atoms with Crippen molar-refractivity contribution in [1.82, 2.24) is 0 Å². The van der Waals surface area contributed by atoms with Crippen LogP contribution in [0.15, 0.2) is 77.8 Å². The summed E-state index contributed by atoms with van der Waals surface area (Å²) in [6, 6.07) is 19.3. The van der Waals surface area contributed by atoms with Gasteiger partial charge in [0.2, 0.25) is 0 Å². The van der Waals surface area contributed by atoms with Crippen LogP contribution in [0.4, 0.5) is 5.69 Å². The van der Waals surface area contributed by atoms with Gasteiger partial charge in [-0.15, -0.1) is 5.69 Å². The number of nitrogens with one attached hydrogen (secondary N) is 1. The van der Waals surface area contributed by atoms with Gasteiger partial charge in [0.05, 0.1) is 52.3 Å².